The number of sulfonamides is 1. The smallest absolute Gasteiger partial charge is 0.208 e. The molecule has 2 atom stereocenters. The zero-order chi connectivity index (χ0) is 12.9. The van der Waals surface area contributed by atoms with Crippen molar-refractivity contribution in [3.05, 3.63) is 0 Å². The Kier molecular flexibility index (Phi) is 8.33. The van der Waals surface area contributed by atoms with Crippen LogP contribution in [-0.2, 0) is 19.5 Å². The summed E-state index contributed by atoms with van der Waals surface area (Å²) in [6, 6.07) is 0.311. The van der Waals surface area contributed by atoms with Gasteiger partial charge in [0.05, 0.1) is 19.0 Å². The van der Waals surface area contributed by atoms with Crippen LogP contribution in [0.5, 0.6) is 0 Å². The molecule has 6 nitrogen and oxygen atoms in total. The van der Waals surface area contributed by atoms with Crippen molar-refractivity contribution in [3.8, 4) is 0 Å². The maximum Gasteiger partial charge on any atom is 0.208 e. The number of halogens is 1. The predicted molar refractivity (Wildman–Crippen MR) is 72.7 cm³/mol. The molecule has 0 aromatic rings. The van der Waals surface area contributed by atoms with E-state index < -0.39 is 10.0 Å². The van der Waals surface area contributed by atoms with Gasteiger partial charge in [0.25, 0.3) is 0 Å². The molecule has 0 aromatic carbocycles. The van der Waals surface area contributed by atoms with Crippen molar-refractivity contribution in [2.45, 2.75) is 18.6 Å². The Morgan fingerprint density at radius 3 is 2.56 bits per heavy atom. The monoisotopic (exact) mass is 302 g/mol. The molecule has 0 aromatic heterocycles. The lowest BCUT2D eigenvalue weighted by Crippen LogP contribution is -2.39. The van der Waals surface area contributed by atoms with E-state index in [-0.39, 0.29) is 18.5 Å². The Morgan fingerprint density at radius 1 is 1.39 bits per heavy atom. The topological polar surface area (TPSA) is 67.9 Å². The summed E-state index contributed by atoms with van der Waals surface area (Å²) in [5.74, 6) is 0. The van der Waals surface area contributed by atoms with E-state index in [1.54, 1.807) is 14.2 Å². The Hall–Kier alpha value is 0.0800. The number of hydrogen-bond donors (Lipinski definition) is 1. The minimum atomic E-state index is -3.10. The molecule has 1 saturated heterocycles. The fraction of sp³-hybridized carbons (Fsp3) is 1.00. The molecule has 1 aliphatic rings. The summed E-state index contributed by atoms with van der Waals surface area (Å²) in [5, 5.41) is 0. The van der Waals surface area contributed by atoms with Gasteiger partial charge < -0.3 is 9.47 Å². The quantitative estimate of drug-likeness (QED) is 0.699. The van der Waals surface area contributed by atoms with Crippen LogP contribution in [0.15, 0.2) is 0 Å². The fourth-order valence-electron chi connectivity index (χ4n) is 2.12. The van der Waals surface area contributed by atoms with Gasteiger partial charge in [0.2, 0.25) is 10.0 Å². The van der Waals surface area contributed by atoms with E-state index >= 15 is 0 Å². The highest BCUT2D eigenvalue weighted by atomic mass is 35.5. The Labute approximate surface area is 115 Å². The van der Waals surface area contributed by atoms with Gasteiger partial charge in [0, 0.05) is 39.9 Å². The van der Waals surface area contributed by atoms with Crippen molar-refractivity contribution in [1.82, 2.24) is 9.62 Å². The molecule has 0 saturated carbocycles. The number of nitrogens with zero attached hydrogens (tertiary/aromatic N) is 1. The van der Waals surface area contributed by atoms with Crippen LogP contribution in [0.4, 0.5) is 0 Å². The van der Waals surface area contributed by atoms with Crippen molar-refractivity contribution in [2.24, 2.45) is 0 Å². The molecular weight excluding hydrogens is 280 g/mol. The van der Waals surface area contributed by atoms with Crippen molar-refractivity contribution in [1.29, 1.82) is 0 Å². The second-order valence-corrected chi connectivity index (χ2v) is 6.20. The largest absolute Gasteiger partial charge is 0.383 e. The highest BCUT2D eigenvalue weighted by molar-refractivity contribution is 7.88. The zero-order valence-corrected chi connectivity index (χ0v) is 12.7. The molecule has 0 aliphatic carbocycles. The van der Waals surface area contributed by atoms with Crippen LogP contribution in [-0.4, -0.2) is 72.2 Å². The van der Waals surface area contributed by atoms with E-state index in [2.05, 4.69) is 9.62 Å². The second-order valence-electron chi connectivity index (χ2n) is 4.36. The first-order chi connectivity index (χ1) is 7.96. The van der Waals surface area contributed by atoms with E-state index in [4.69, 9.17) is 9.47 Å². The lowest BCUT2D eigenvalue weighted by atomic mass is 10.2. The van der Waals surface area contributed by atoms with Gasteiger partial charge in [-0.2, -0.15) is 0 Å². The molecule has 0 amide bonds. The molecule has 1 N–H and O–H groups in total. The highest BCUT2D eigenvalue weighted by Gasteiger charge is 2.31. The van der Waals surface area contributed by atoms with Gasteiger partial charge in [-0.3, -0.25) is 4.90 Å². The maximum absolute atomic E-state index is 11.0. The van der Waals surface area contributed by atoms with Crippen LogP contribution in [0.3, 0.4) is 0 Å². The number of methoxy groups -OCH3 is 2. The van der Waals surface area contributed by atoms with Gasteiger partial charge in [-0.25, -0.2) is 13.1 Å². The second kappa shape index (κ2) is 8.29. The Morgan fingerprint density at radius 2 is 2.06 bits per heavy atom. The van der Waals surface area contributed by atoms with Crippen molar-refractivity contribution in [3.63, 3.8) is 0 Å². The number of rotatable bonds is 7. The van der Waals surface area contributed by atoms with Gasteiger partial charge in [-0.05, 0) is 6.42 Å². The highest BCUT2D eigenvalue weighted by Crippen LogP contribution is 2.19. The molecule has 1 rings (SSSR count). The summed E-state index contributed by atoms with van der Waals surface area (Å²) in [6.45, 7) is 2.59. The van der Waals surface area contributed by atoms with E-state index in [0.717, 1.165) is 13.0 Å². The number of nitrogens with one attached hydrogen (secondary N) is 1. The summed E-state index contributed by atoms with van der Waals surface area (Å²) >= 11 is 0. The maximum atomic E-state index is 11.0. The Bertz CT molecular complexity index is 326. The molecule has 1 aliphatic heterocycles. The van der Waals surface area contributed by atoms with Crippen LogP contribution < -0.4 is 4.72 Å². The minimum absolute atomic E-state index is 0. The minimum Gasteiger partial charge on any atom is -0.383 e. The van der Waals surface area contributed by atoms with Crippen LogP contribution in [0, 0.1) is 0 Å². The van der Waals surface area contributed by atoms with Gasteiger partial charge in [0.1, 0.15) is 0 Å². The van der Waals surface area contributed by atoms with Gasteiger partial charge in [-0.1, -0.05) is 0 Å². The van der Waals surface area contributed by atoms with E-state index in [1.165, 1.54) is 6.26 Å². The first-order valence-corrected chi connectivity index (χ1v) is 7.56. The molecule has 0 radical (unpaired) electrons. The summed E-state index contributed by atoms with van der Waals surface area (Å²) in [6.07, 6.45) is 2.32. The summed E-state index contributed by atoms with van der Waals surface area (Å²) in [5.41, 5.74) is 0. The Balaban J connectivity index is 0.00000289. The van der Waals surface area contributed by atoms with Crippen LogP contribution >= 0.6 is 12.4 Å². The normalized spacial score (nSPS) is 25.1. The van der Waals surface area contributed by atoms with Crippen LogP contribution in [0.25, 0.3) is 0 Å². The number of ether oxygens (including phenoxy) is 2. The SMILES string of the molecule is COC[C@@H]1C[C@@H](OC)CN1CCNS(C)(=O)=O.Cl. The summed E-state index contributed by atoms with van der Waals surface area (Å²) in [4.78, 5) is 2.20. The average molecular weight is 303 g/mol. The third-order valence-electron chi connectivity index (χ3n) is 2.95. The fourth-order valence-corrected chi connectivity index (χ4v) is 2.58. The van der Waals surface area contributed by atoms with Crippen molar-refractivity contribution < 1.29 is 17.9 Å². The third kappa shape index (κ3) is 6.31. The van der Waals surface area contributed by atoms with Gasteiger partial charge in [-0.15, -0.1) is 12.4 Å². The standard InChI is InChI=1S/C10H22N2O4S.ClH/c1-15-8-9-6-10(16-2)7-12(9)5-4-11-17(3,13)14;/h9-11H,4-8H2,1-3H3;1H/t9-,10+;/m0./s1. The molecule has 1 heterocycles. The van der Waals surface area contributed by atoms with Crippen LogP contribution in [0.1, 0.15) is 6.42 Å². The molecule has 8 heteroatoms. The van der Waals surface area contributed by atoms with Gasteiger partial charge >= 0.3 is 0 Å². The summed E-state index contributed by atoms with van der Waals surface area (Å²) in [7, 11) is 0.271. The first-order valence-electron chi connectivity index (χ1n) is 5.66. The third-order valence-corrected chi connectivity index (χ3v) is 3.67. The molecule has 1 fully saturated rings. The zero-order valence-electron chi connectivity index (χ0n) is 11.1. The van der Waals surface area contributed by atoms with E-state index in [9.17, 15) is 8.42 Å². The summed E-state index contributed by atoms with van der Waals surface area (Å²) < 4.78 is 34.9. The van der Waals surface area contributed by atoms with Crippen molar-refractivity contribution >= 4 is 22.4 Å². The molecule has 18 heavy (non-hydrogen) atoms. The number of likely N-dealkylation sites (tertiary alicyclic amines) is 1. The van der Waals surface area contributed by atoms with Crippen molar-refractivity contribution in [2.75, 3.05) is 46.7 Å². The lowest BCUT2D eigenvalue weighted by molar-refractivity contribution is 0.108. The van der Waals surface area contributed by atoms with Gasteiger partial charge in [0.15, 0.2) is 0 Å². The first kappa shape index (κ1) is 18.1. The molecule has 0 unspecified atom stereocenters. The molecular formula is C10H23ClN2O4S. The lowest BCUT2D eigenvalue weighted by Gasteiger charge is -2.23. The number of hydrogen-bond acceptors (Lipinski definition) is 5. The average Bonchev–Trinajstić information content (AvgIpc) is 2.60. The molecule has 0 spiro atoms. The van der Waals surface area contributed by atoms with Crippen LogP contribution in [0.2, 0.25) is 0 Å². The molecule has 0 bridgehead atoms. The van der Waals surface area contributed by atoms with E-state index in [0.29, 0.717) is 25.7 Å². The molecule has 110 valence electrons. The van der Waals surface area contributed by atoms with E-state index in [1.807, 2.05) is 0 Å². The predicted octanol–water partition coefficient (Wildman–Crippen LogP) is -0.307.